The zero-order chi connectivity index (χ0) is 12.3. The minimum Gasteiger partial charge on any atom is -0.356 e. The summed E-state index contributed by atoms with van der Waals surface area (Å²) in [6.45, 7) is 4.23. The van der Waals surface area contributed by atoms with E-state index in [1.807, 2.05) is 11.8 Å². The fourth-order valence-electron chi connectivity index (χ4n) is 1.70. The van der Waals surface area contributed by atoms with Crippen LogP contribution in [0.15, 0.2) is 40.4 Å². The van der Waals surface area contributed by atoms with E-state index in [9.17, 15) is 0 Å². The number of benzene rings is 1. The van der Waals surface area contributed by atoms with Crippen LogP contribution in [0.4, 0.5) is 0 Å². The van der Waals surface area contributed by atoms with E-state index in [4.69, 9.17) is 0 Å². The molecule has 1 heterocycles. The Kier molecular flexibility index (Phi) is 4.24. The third-order valence-corrected chi connectivity index (χ3v) is 4.36. The normalized spacial score (nSPS) is 10.8. The van der Waals surface area contributed by atoms with Crippen LogP contribution < -0.4 is 0 Å². The zero-order valence-corrected chi connectivity index (χ0v) is 11.9. The fraction of sp³-hybridized carbons (Fsp3) is 0.286. The number of thioether (sulfide) groups is 1. The van der Waals surface area contributed by atoms with Crippen molar-refractivity contribution < 1.29 is 0 Å². The molecule has 1 nitrogen and oxygen atoms in total. The van der Waals surface area contributed by atoms with Crippen molar-refractivity contribution in [2.45, 2.75) is 30.2 Å². The van der Waals surface area contributed by atoms with Crippen LogP contribution in [0, 0.1) is 13.8 Å². The minimum atomic E-state index is 0.986. The Labute approximate surface area is 112 Å². The Hall–Kier alpha value is -0.800. The van der Waals surface area contributed by atoms with E-state index in [0.717, 1.165) is 17.2 Å². The molecule has 17 heavy (non-hydrogen) atoms. The lowest BCUT2D eigenvalue weighted by Gasteiger charge is -2.02. The highest BCUT2D eigenvalue weighted by Gasteiger charge is 2.03. The molecule has 1 N–H and O–H groups in total. The Bertz CT molecular complexity index is 485. The van der Waals surface area contributed by atoms with Crippen molar-refractivity contribution in [3.05, 3.63) is 47.2 Å². The molecule has 0 aliphatic carbocycles. The summed E-state index contributed by atoms with van der Waals surface area (Å²) >= 11 is 6.26. The highest BCUT2D eigenvalue weighted by Crippen LogP contribution is 2.22. The second-order valence-corrected chi connectivity index (χ2v) is 5.81. The van der Waals surface area contributed by atoms with Crippen molar-refractivity contribution >= 4 is 24.4 Å². The van der Waals surface area contributed by atoms with Crippen LogP contribution in [-0.4, -0.2) is 10.7 Å². The predicted molar refractivity (Wildman–Crippen MR) is 78.4 cm³/mol. The van der Waals surface area contributed by atoms with Gasteiger partial charge in [-0.05, 0) is 43.5 Å². The first-order valence-electron chi connectivity index (χ1n) is 5.72. The third kappa shape index (κ3) is 3.33. The molecule has 0 unspecified atom stereocenters. The SMILES string of the molecule is Cc1ccc(SCCc2c[nH]c(S)c2C)cc1. The molecule has 0 fully saturated rings. The van der Waals surface area contributed by atoms with Gasteiger partial charge in [-0.1, -0.05) is 17.7 Å². The molecule has 2 aromatic rings. The van der Waals surface area contributed by atoms with Gasteiger partial charge in [0.2, 0.25) is 0 Å². The van der Waals surface area contributed by atoms with Crippen molar-refractivity contribution in [3.8, 4) is 0 Å². The van der Waals surface area contributed by atoms with Crippen LogP contribution in [0.5, 0.6) is 0 Å². The summed E-state index contributed by atoms with van der Waals surface area (Å²) in [7, 11) is 0. The van der Waals surface area contributed by atoms with Gasteiger partial charge in [0.1, 0.15) is 0 Å². The first-order chi connectivity index (χ1) is 8.16. The van der Waals surface area contributed by atoms with E-state index in [-0.39, 0.29) is 0 Å². The number of hydrogen-bond donors (Lipinski definition) is 2. The van der Waals surface area contributed by atoms with Crippen molar-refractivity contribution in [2.24, 2.45) is 0 Å². The standard InChI is InChI=1S/C14H17NS2/c1-10-3-5-13(6-4-10)17-8-7-12-9-15-14(16)11(12)2/h3-6,9,15-16H,7-8H2,1-2H3. The number of nitrogens with one attached hydrogen (secondary N) is 1. The molecule has 0 saturated heterocycles. The molecule has 3 heteroatoms. The Balaban J connectivity index is 1.87. The summed E-state index contributed by atoms with van der Waals surface area (Å²) < 4.78 is 0. The second kappa shape index (κ2) is 5.69. The third-order valence-electron chi connectivity index (χ3n) is 2.88. The van der Waals surface area contributed by atoms with Crippen molar-refractivity contribution in [1.82, 2.24) is 4.98 Å². The maximum absolute atomic E-state index is 4.36. The highest BCUT2D eigenvalue weighted by molar-refractivity contribution is 7.99. The quantitative estimate of drug-likeness (QED) is 0.622. The molecular weight excluding hydrogens is 246 g/mol. The van der Waals surface area contributed by atoms with Gasteiger partial charge >= 0.3 is 0 Å². The Morgan fingerprint density at radius 3 is 2.47 bits per heavy atom. The lowest BCUT2D eigenvalue weighted by atomic mass is 10.2. The molecule has 90 valence electrons. The Morgan fingerprint density at radius 1 is 1.18 bits per heavy atom. The van der Waals surface area contributed by atoms with Gasteiger partial charge < -0.3 is 4.98 Å². The highest BCUT2D eigenvalue weighted by atomic mass is 32.2. The molecular formula is C14H17NS2. The monoisotopic (exact) mass is 263 g/mol. The van der Waals surface area contributed by atoms with Gasteiger partial charge in [-0.25, -0.2) is 0 Å². The fourth-order valence-corrected chi connectivity index (χ4v) is 2.79. The van der Waals surface area contributed by atoms with Gasteiger partial charge in [-0.3, -0.25) is 0 Å². The maximum Gasteiger partial charge on any atom is 0.0723 e. The molecule has 1 aromatic carbocycles. The number of rotatable bonds is 4. The molecule has 0 bridgehead atoms. The van der Waals surface area contributed by atoms with E-state index < -0.39 is 0 Å². The lowest BCUT2D eigenvalue weighted by Crippen LogP contribution is -1.88. The van der Waals surface area contributed by atoms with E-state index >= 15 is 0 Å². The number of aromatic amines is 1. The predicted octanol–water partition coefficient (Wildman–Crippen LogP) is 4.26. The number of thiol groups is 1. The average Bonchev–Trinajstić information content (AvgIpc) is 2.64. The lowest BCUT2D eigenvalue weighted by molar-refractivity contribution is 1.13. The zero-order valence-electron chi connectivity index (χ0n) is 10.2. The van der Waals surface area contributed by atoms with Crippen molar-refractivity contribution in [3.63, 3.8) is 0 Å². The molecule has 0 spiro atoms. The number of aromatic nitrogens is 1. The van der Waals surface area contributed by atoms with Gasteiger partial charge in [0.15, 0.2) is 0 Å². The van der Waals surface area contributed by atoms with Crippen LogP contribution in [-0.2, 0) is 6.42 Å². The van der Waals surface area contributed by atoms with Gasteiger partial charge in [0.05, 0.1) is 5.03 Å². The van der Waals surface area contributed by atoms with Crippen molar-refractivity contribution in [1.29, 1.82) is 0 Å². The summed E-state index contributed by atoms with van der Waals surface area (Å²) in [6.07, 6.45) is 3.15. The van der Waals surface area contributed by atoms with Gasteiger partial charge in [0.25, 0.3) is 0 Å². The number of H-pyrrole nitrogens is 1. The van der Waals surface area contributed by atoms with E-state index in [2.05, 4.69) is 61.9 Å². The number of hydrogen-bond acceptors (Lipinski definition) is 2. The first-order valence-corrected chi connectivity index (χ1v) is 7.15. The smallest absolute Gasteiger partial charge is 0.0723 e. The topological polar surface area (TPSA) is 15.8 Å². The molecule has 0 radical (unpaired) electrons. The van der Waals surface area contributed by atoms with Crippen molar-refractivity contribution in [2.75, 3.05) is 5.75 Å². The van der Waals surface area contributed by atoms with Gasteiger partial charge in [0, 0.05) is 16.8 Å². The summed E-state index contributed by atoms with van der Waals surface area (Å²) in [5.74, 6) is 1.11. The molecule has 2 rings (SSSR count). The molecule has 0 amide bonds. The van der Waals surface area contributed by atoms with Crippen LogP contribution in [0.1, 0.15) is 16.7 Å². The van der Waals surface area contributed by atoms with Gasteiger partial charge in [-0.2, -0.15) is 0 Å². The molecule has 0 atom stereocenters. The second-order valence-electron chi connectivity index (χ2n) is 4.20. The van der Waals surface area contributed by atoms with Crippen LogP contribution >= 0.6 is 24.4 Å². The largest absolute Gasteiger partial charge is 0.356 e. The summed E-state index contributed by atoms with van der Waals surface area (Å²) in [5, 5.41) is 0.986. The van der Waals surface area contributed by atoms with E-state index in [1.54, 1.807) is 0 Å². The van der Waals surface area contributed by atoms with Crippen LogP contribution in [0.2, 0.25) is 0 Å². The Morgan fingerprint density at radius 2 is 1.88 bits per heavy atom. The maximum atomic E-state index is 4.36. The molecule has 1 aromatic heterocycles. The minimum absolute atomic E-state index is 0.986. The summed E-state index contributed by atoms with van der Waals surface area (Å²) in [6, 6.07) is 8.70. The summed E-state index contributed by atoms with van der Waals surface area (Å²) in [4.78, 5) is 4.49. The molecule has 0 aliphatic rings. The first kappa shape index (κ1) is 12.7. The average molecular weight is 263 g/mol. The van der Waals surface area contributed by atoms with Crippen LogP contribution in [0.3, 0.4) is 0 Å². The molecule has 0 saturated carbocycles. The summed E-state index contributed by atoms with van der Waals surface area (Å²) in [5.41, 5.74) is 3.96. The van der Waals surface area contributed by atoms with Crippen LogP contribution in [0.25, 0.3) is 0 Å². The molecule has 0 aliphatic heterocycles. The van der Waals surface area contributed by atoms with E-state index in [1.165, 1.54) is 21.6 Å². The number of aryl methyl sites for hydroxylation is 2. The van der Waals surface area contributed by atoms with E-state index in [0.29, 0.717) is 0 Å². The van der Waals surface area contributed by atoms with Gasteiger partial charge in [-0.15, -0.1) is 24.4 Å².